The first kappa shape index (κ1) is 12.9. The zero-order valence-electron chi connectivity index (χ0n) is 10.7. The Hall–Kier alpha value is -0.193. The van der Waals surface area contributed by atoms with Crippen LogP contribution in [0.1, 0.15) is 27.7 Å². The number of ketones is 1. The molecule has 0 aliphatic carbocycles. The highest BCUT2D eigenvalue weighted by atomic mass is 28.4. The Morgan fingerprint density at radius 3 is 2.27 bits per heavy atom. The Balaban J connectivity index is 2.36. The highest BCUT2D eigenvalue weighted by Gasteiger charge is 2.43. The quantitative estimate of drug-likeness (QED) is 0.592. The highest BCUT2D eigenvalue weighted by molar-refractivity contribution is 6.74. The molecule has 3 nitrogen and oxygen atoms in total. The second-order valence-electron chi connectivity index (χ2n) is 5.93. The molecule has 2 atom stereocenters. The van der Waals surface area contributed by atoms with E-state index in [0.717, 1.165) is 0 Å². The highest BCUT2D eigenvalue weighted by Crippen LogP contribution is 2.36. The summed E-state index contributed by atoms with van der Waals surface area (Å²) in [4.78, 5) is 11.0. The molecule has 0 saturated carbocycles. The Labute approximate surface area is 93.7 Å². The van der Waals surface area contributed by atoms with Crippen LogP contribution in [0.25, 0.3) is 0 Å². The zero-order valence-corrected chi connectivity index (χ0v) is 11.7. The number of Topliss-reactive ketones (excluding diaryl/α,β-unsaturated/α-hetero) is 1. The minimum absolute atomic E-state index is 0.0507. The van der Waals surface area contributed by atoms with Crippen molar-refractivity contribution in [2.75, 3.05) is 6.61 Å². The monoisotopic (exact) mass is 229 g/mol. The van der Waals surface area contributed by atoms with E-state index in [4.69, 9.17) is 4.43 Å². The standard InChI is InChI=1S/C11H23NO2Si/c1-8(13)10-9(12-10)7-14-15(5,6)11(2,3)4/h9-10,12H,7H2,1-6H3/t9-,10-/m1/s1. The lowest BCUT2D eigenvalue weighted by Gasteiger charge is -2.36. The fourth-order valence-corrected chi connectivity index (χ4v) is 2.26. The van der Waals surface area contributed by atoms with Gasteiger partial charge in [-0.15, -0.1) is 0 Å². The summed E-state index contributed by atoms with van der Waals surface area (Å²) in [6, 6.07) is 0.311. The molecular weight excluding hydrogens is 206 g/mol. The molecule has 1 saturated heterocycles. The van der Waals surface area contributed by atoms with Gasteiger partial charge >= 0.3 is 0 Å². The van der Waals surface area contributed by atoms with Crippen molar-refractivity contribution in [1.29, 1.82) is 0 Å². The molecule has 0 aromatic rings. The van der Waals surface area contributed by atoms with Crippen LogP contribution in [-0.2, 0) is 9.22 Å². The van der Waals surface area contributed by atoms with E-state index in [2.05, 4.69) is 39.2 Å². The molecule has 0 aromatic heterocycles. The van der Waals surface area contributed by atoms with E-state index in [0.29, 0.717) is 6.61 Å². The van der Waals surface area contributed by atoms with Crippen molar-refractivity contribution in [1.82, 2.24) is 5.32 Å². The van der Waals surface area contributed by atoms with Crippen LogP contribution in [0.2, 0.25) is 18.1 Å². The summed E-state index contributed by atoms with van der Waals surface area (Å²) < 4.78 is 6.02. The van der Waals surface area contributed by atoms with Gasteiger partial charge in [-0.2, -0.15) is 0 Å². The first-order valence-electron chi connectivity index (χ1n) is 5.55. The van der Waals surface area contributed by atoms with Gasteiger partial charge < -0.3 is 4.43 Å². The third kappa shape index (κ3) is 3.13. The number of carbonyl (C=O) groups excluding carboxylic acids is 1. The van der Waals surface area contributed by atoms with Gasteiger partial charge in [-0.25, -0.2) is 0 Å². The van der Waals surface area contributed by atoms with Gasteiger partial charge in [0.05, 0.1) is 18.7 Å². The molecule has 4 heteroatoms. The first-order valence-corrected chi connectivity index (χ1v) is 8.46. The molecule has 0 spiro atoms. The van der Waals surface area contributed by atoms with Crippen LogP contribution < -0.4 is 5.32 Å². The summed E-state index contributed by atoms with van der Waals surface area (Å²) in [5, 5.41) is 3.38. The summed E-state index contributed by atoms with van der Waals surface area (Å²) >= 11 is 0. The lowest BCUT2D eigenvalue weighted by Crippen LogP contribution is -2.42. The molecule has 0 amide bonds. The van der Waals surface area contributed by atoms with E-state index in [1.54, 1.807) is 6.92 Å². The van der Waals surface area contributed by atoms with Gasteiger partial charge in [0.1, 0.15) is 5.78 Å². The van der Waals surface area contributed by atoms with Crippen molar-refractivity contribution in [3.63, 3.8) is 0 Å². The molecule has 15 heavy (non-hydrogen) atoms. The maximum Gasteiger partial charge on any atom is 0.192 e. The van der Waals surface area contributed by atoms with E-state index in [9.17, 15) is 4.79 Å². The van der Waals surface area contributed by atoms with Gasteiger partial charge in [0.25, 0.3) is 0 Å². The van der Waals surface area contributed by atoms with E-state index in [1.165, 1.54) is 0 Å². The normalized spacial score (nSPS) is 26.5. The van der Waals surface area contributed by atoms with Crippen LogP contribution in [-0.4, -0.2) is 32.8 Å². The van der Waals surface area contributed by atoms with Gasteiger partial charge in [0, 0.05) is 0 Å². The molecule has 0 unspecified atom stereocenters. The third-order valence-electron chi connectivity index (χ3n) is 3.55. The van der Waals surface area contributed by atoms with Crippen molar-refractivity contribution < 1.29 is 9.22 Å². The van der Waals surface area contributed by atoms with Crippen LogP contribution in [0.4, 0.5) is 0 Å². The summed E-state index contributed by atoms with van der Waals surface area (Å²) in [7, 11) is -1.64. The number of hydrogen-bond acceptors (Lipinski definition) is 3. The molecule has 0 aromatic carbocycles. The molecule has 0 bridgehead atoms. The number of hydrogen-bond donors (Lipinski definition) is 1. The molecule has 1 heterocycles. The number of carbonyl (C=O) groups is 1. The second kappa shape index (κ2) is 4.00. The Morgan fingerprint density at radius 2 is 1.93 bits per heavy atom. The van der Waals surface area contributed by atoms with Crippen molar-refractivity contribution in [3.05, 3.63) is 0 Å². The van der Waals surface area contributed by atoms with Crippen LogP contribution in [0.5, 0.6) is 0 Å². The summed E-state index contributed by atoms with van der Waals surface area (Å²) in [6.45, 7) is 13.5. The lowest BCUT2D eigenvalue weighted by molar-refractivity contribution is -0.116. The smallest absolute Gasteiger partial charge is 0.192 e. The maximum absolute atomic E-state index is 11.0. The van der Waals surface area contributed by atoms with Crippen LogP contribution in [0, 0.1) is 0 Å². The largest absolute Gasteiger partial charge is 0.415 e. The van der Waals surface area contributed by atoms with Crippen molar-refractivity contribution >= 4 is 14.1 Å². The summed E-state index contributed by atoms with van der Waals surface area (Å²) in [6.07, 6.45) is 0. The number of rotatable bonds is 4. The van der Waals surface area contributed by atoms with Gasteiger partial charge in [-0.3, -0.25) is 10.1 Å². The zero-order chi connectivity index (χ0) is 11.9. The molecule has 1 aliphatic rings. The Kier molecular flexibility index (Phi) is 3.43. The molecule has 1 N–H and O–H groups in total. The first-order chi connectivity index (χ1) is 6.65. The molecule has 88 valence electrons. The van der Waals surface area contributed by atoms with Crippen LogP contribution in [0.3, 0.4) is 0 Å². The van der Waals surface area contributed by atoms with Gasteiger partial charge in [0.15, 0.2) is 8.32 Å². The molecule has 1 fully saturated rings. The number of nitrogens with one attached hydrogen (secondary N) is 1. The average molecular weight is 229 g/mol. The van der Waals surface area contributed by atoms with Gasteiger partial charge in [-0.1, -0.05) is 20.8 Å². The molecular formula is C11H23NO2Si. The lowest BCUT2D eigenvalue weighted by atomic mass is 10.2. The second-order valence-corrected chi connectivity index (χ2v) is 10.7. The van der Waals surface area contributed by atoms with Crippen LogP contribution in [0.15, 0.2) is 0 Å². The SMILES string of the molecule is CC(=O)[C@H]1N[C@@H]1CO[Si](C)(C)C(C)(C)C. The Bertz CT molecular complexity index is 258. The topological polar surface area (TPSA) is 48.2 Å². The third-order valence-corrected chi connectivity index (χ3v) is 8.06. The minimum Gasteiger partial charge on any atom is -0.415 e. The predicted molar refractivity (Wildman–Crippen MR) is 64.5 cm³/mol. The Morgan fingerprint density at radius 1 is 1.40 bits per heavy atom. The predicted octanol–water partition coefficient (Wildman–Crippen LogP) is 1.94. The molecule has 1 aliphatic heterocycles. The minimum atomic E-state index is -1.64. The molecule has 1 rings (SSSR count). The fourth-order valence-electron chi connectivity index (χ4n) is 1.23. The average Bonchev–Trinajstić information content (AvgIpc) is 2.77. The maximum atomic E-state index is 11.0. The van der Waals surface area contributed by atoms with E-state index < -0.39 is 8.32 Å². The van der Waals surface area contributed by atoms with Gasteiger partial charge in [0.2, 0.25) is 0 Å². The van der Waals surface area contributed by atoms with Gasteiger partial charge in [-0.05, 0) is 25.1 Å². The van der Waals surface area contributed by atoms with Crippen molar-refractivity contribution in [2.45, 2.75) is 57.9 Å². The molecule has 0 radical (unpaired) electrons. The van der Waals surface area contributed by atoms with E-state index in [-0.39, 0.29) is 22.9 Å². The van der Waals surface area contributed by atoms with Crippen molar-refractivity contribution in [2.24, 2.45) is 0 Å². The van der Waals surface area contributed by atoms with E-state index >= 15 is 0 Å². The fraction of sp³-hybridized carbons (Fsp3) is 0.909. The summed E-state index contributed by atoms with van der Waals surface area (Å²) in [5.41, 5.74) is 0. The van der Waals surface area contributed by atoms with E-state index in [1.807, 2.05) is 0 Å². The van der Waals surface area contributed by atoms with Crippen LogP contribution >= 0.6 is 0 Å². The summed E-state index contributed by atoms with van der Waals surface area (Å²) in [5.74, 6) is 0.221. The van der Waals surface area contributed by atoms with Crippen molar-refractivity contribution in [3.8, 4) is 0 Å².